The van der Waals surface area contributed by atoms with Gasteiger partial charge in [0, 0.05) is 46.3 Å². The van der Waals surface area contributed by atoms with Gasteiger partial charge in [-0.3, -0.25) is 4.99 Å². The van der Waals surface area contributed by atoms with E-state index in [4.69, 9.17) is 0 Å². The van der Waals surface area contributed by atoms with Crippen molar-refractivity contribution in [2.75, 3.05) is 59.4 Å². The second kappa shape index (κ2) is 13.4. The van der Waals surface area contributed by atoms with E-state index in [-0.39, 0.29) is 0 Å². The van der Waals surface area contributed by atoms with Crippen LogP contribution < -0.4 is 10.6 Å². The molecule has 0 bridgehead atoms. The average Bonchev–Trinajstić information content (AvgIpc) is 2.70. The zero-order chi connectivity index (χ0) is 18.5. The maximum atomic E-state index is 4.36. The fourth-order valence-electron chi connectivity index (χ4n) is 4.29. The number of rotatable bonds is 10. The van der Waals surface area contributed by atoms with E-state index in [0.29, 0.717) is 0 Å². The lowest BCUT2D eigenvalue weighted by Crippen LogP contribution is -2.46. The Balaban J connectivity index is 1.43. The van der Waals surface area contributed by atoms with E-state index in [9.17, 15) is 0 Å². The van der Waals surface area contributed by atoms with Gasteiger partial charge in [-0.05, 0) is 44.7 Å². The summed E-state index contributed by atoms with van der Waals surface area (Å²) in [6.45, 7) is 11.7. The molecule has 2 fully saturated rings. The summed E-state index contributed by atoms with van der Waals surface area (Å²) in [5, 5.41) is 6.96. The Hall–Kier alpha value is -0.810. The number of nitrogens with zero attached hydrogens (tertiary/aromatic N) is 3. The molecule has 1 aliphatic heterocycles. The highest BCUT2D eigenvalue weighted by Crippen LogP contribution is 2.26. The molecule has 0 aromatic rings. The van der Waals surface area contributed by atoms with Gasteiger partial charge in [-0.2, -0.15) is 0 Å². The monoisotopic (exact) mass is 365 g/mol. The SMILES string of the molecule is CCN1CCN(CCCCNC(=NC)NCCCC2CCCCC2)CC1. The van der Waals surface area contributed by atoms with Gasteiger partial charge in [-0.1, -0.05) is 39.0 Å². The zero-order valence-corrected chi connectivity index (χ0v) is 17.4. The number of nitrogens with one attached hydrogen (secondary N) is 2. The summed E-state index contributed by atoms with van der Waals surface area (Å²) in [5.41, 5.74) is 0. The fraction of sp³-hybridized carbons (Fsp3) is 0.952. The van der Waals surface area contributed by atoms with Gasteiger partial charge in [-0.25, -0.2) is 0 Å². The molecule has 2 aliphatic rings. The Bertz CT molecular complexity index is 371. The number of hydrogen-bond donors (Lipinski definition) is 2. The molecule has 5 nitrogen and oxygen atoms in total. The molecule has 0 aromatic heterocycles. The molecule has 0 spiro atoms. The van der Waals surface area contributed by atoms with Crippen molar-refractivity contribution in [2.45, 2.75) is 64.7 Å². The van der Waals surface area contributed by atoms with Gasteiger partial charge in [-0.15, -0.1) is 0 Å². The molecule has 1 heterocycles. The number of guanidine groups is 1. The van der Waals surface area contributed by atoms with E-state index in [0.717, 1.165) is 25.0 Å². The van der Waals surface area contributed by atoms with Crippen LogP contribution in [0.1, 0.15) is 64.7 Å². The van der Waals surface area contributed by atoms with Crippen LogP contribution in [0.3, 0.4) is 0 Å². The van der Waals surface area contributed by atoms with Crippen LogP contribution in [0, 0.1) is 5.92 Å². The molecule has 0 atom stereocenters. The molecule has 2 rings (SSSR count). The Morgan fingerprint density at radius 2 is 1.54 bits per heavy atom. The molecule has 0 amide bonds. The largest absolute Gasteiger partial charge is 0.356 e. The maximum Gasteiger partial charge on any atom is 0.190 e. The van der Waals surface area contributed by atoms with Gasteiger partial charge >= 0.3 is 0 Å². The number of unbranched alkanes of at least 4 members (excludes halogenated alkanes) is 1. The molecular formula is C21H43N5. The second-order valence-corrected chi connectivity index (χ2v) is 8.06. The second-order valence-electron chi connectivity index (χ2n) is 8.06. The van der Waals surface area contributed by atoms with Crippen molar-refractivity contribution in [3.63, 3.8) is 0 Å². The third kappa shape index (κ3) is 8.72. The van der Waals surface area contributed by atoms with Gasteiger partial charge in [0.15, 0.2) is 5.96 Å². The van der Waals surface area contributed by atoms with Crippen molar-refractivity contribution in [1.82, 2.24) is 20.4 Å². The Morgan fingerprint density at radius 1 is 0.885 bits per heavy atom. The van der Waals surface area contributed by atoms with Gasteiger partial charge in [0.05, 0.1) is 0 Å². The molecular weight excluding hydrogens is 322 g/mol. The first-order valence-corrected chi connectivity index (χ1v) is 11.2. The average molecular weight is 366 g/mol. The predicted octanol–water partition coefficient (Wildman–Crippen LogP) is 2.93. The molecule has 26 heavy (non-hydrogen) atoms. The first-order valence-electron chi connectivity index (χ1n) is 11.2. The van der Waals surface area contributed by atoms with Gasteiger partial charge < -0.3 is 20.4 Å². The highest BCUT2D eigenvalue weighted by atomic mass is 15.3. The highest BCUT2D eigenvalue weighted by Gasteiger charge is 2.14. The van der Waals surface area contributed by atoms with E-state index < -0.39 is 0 Å². The summed E-state index contributed by atoms with van der Waals surface area (Å²) in [7, 11) is 1.88. The van der Waals surface area contributed by atoms with Crippen molar-refractivity contribution in [1.29, 1.82) is 0 Å². The number of hydrogen-bond acceptors (Lipinski definition) is 3. The summed E-state index contributed by atoms with van der Waals surface area (Å²) in [6, 6.07) is 0. The first-order chi connectivity index (χ1) is 12.8. The summed E-state index contributed by atoms with van der Waals surface area (Å²) in [5.74, 6) is 1.96. The zero-order valence-electron chi connectivity index (χ0n) is 17.4. The summed E-state index contributed by atoms with van der Waals surface area (Å²) >= 11 is 0. The third-order valence-electron chi connectivity index (χ3n) is 6.14. The number of aliphatic imine (C=N–C) groups is 1. The van der Waals surface area contributed by atoms with E-state index in [2.05, 4.69) is 32.3 Å². The molecule has 0 unspecified atom stereocenters. The van der Waals surface area contributed by atoms with E-state index in [1.54, 1.807) is 0 Å². The highest BCUT2D eigenvalue weighted by molar-refractivity contribution is 5.79. The maximum absolute atomic E-state index is 4.36. The summed E-state index contributed by atoms with van der Waals surface area (Å²) in [6.07, 6.45) is 12.4. The third-order valence-corrected chi connectivity index (χ3v) is 6.14. The van der Waals surface area contributed by atoms with Crippen molar-refractivity contribution in [3.05, 3.63) is 0 Å². The lowest BCUT2D eigenvalue weighted by atomic mass is 9.86. The summed E-state index contributed by atoms with van der Waals surface area (Å²) in [4.78, 5) is 9.52. The van der Waals surface area contributed by atoms with Gasteiger partial charge in [0.25, 0.3) is 0 Å². The standard InChI is InChI=1S/C21H43N5/c1-3-25-16-18-26(19-17-25)15-8-7-13-23-21(22-2)24-14-9-12-20-10-5-4-6-11-20/h20H,3-19H2,1-2H3,(H2,22,23,24). The molecule has 5 heteroatoms. The smallest absolute Gasteiger partial charge is 0.190 e. The van der Waals surface area contributed by atoms with Crippen LogP contribution in [0.15, 0.2) is 4.99 Å². The van der Waals surface area contributed by atoms with Crippen molar-refractivity contribution < 1.29 is 0 Å². The predicted molar refractivity (Wildman–Crippen MR) is 113 cm³/mol. The van der Waals surface area contributed by atoms with Gasteiger partial charge in [0.1, 0.15) is 0 Å². The van der Waals surface area contributed by atoms with Crippen molar-refractivity contribution >= 4 is 5.96 Å². The summed E-state index contributed by atoms with van der Waals surface area (Å²) < 4.78 is 0. The quantitative estimate of drug-likeness (QED) is 0.355. The minimum Gasteiger partial charge on any atom is -0.356 e. The van der Waals surface area contributed by atoms with Gasteiger partial charge in [0.2, 0.25) is 0 Å². The van der Waals surface area contributed by atoms with Crippen LogP contribution >= 0.6 is 0 Å². The van der Waals surface area contributed by atoms with Crippen LogP contribution in [0.25, 0.3) is 0 Å². The lowest BCUT2D eigenvalue weighted by molar-refractivity contribution is 0.136. The molecule has 1 aliphatic carbocycles. The Morgan fingerprint density at radius 3 is 2.19 bits per heavy atom. The lowest BCUT2D eigenvalue weighted by Gasteiger charge is -2.34. The van der Waals surface area contributed by atoms with Crippen molar-refractivity contribution in [3.8, 4) is 0 Å². The molecule has 152 valence electrons. The van der Waals surface area contributed by atoms with Crippen LogP contribution in [0.4, 0.5) is 0 Å². The van der Waals surface area contributed by atoms with Crippen LogP contribution in [-0.4, -0.2) is 75.2 Å². The number of likely N-dealkylation sites (N-methyl/N-ethyl adjacent to an activating group) is 1. The molecule has 1 saturated carbocycles. The van der Waals surface area contributed by atoms with Crippen LogP contribution in [0.5, 0.6) is 0 Å². The van der Waals surface area contributed by atoms with Crippen LogP contribution in [0.2, 0.25) is 0 Å². The first kappa shape index (κ1) is 21.5. The molecule has 2 N–H and O–H groups in total. The number of piperazine rings is 1. The fourth-order valence-corrected chi connectivity index (χ4v) is 4.29. The molecule has 0 radical (unpaired) electrons. The minimum atomic E-state index is 0.977. The molecule has 1 saturated heterocycles. The van der Waals surface area contributed by atoms with E-state index in [1.165, 1.54) is 97.1 Å². The normalized spacial score (nSPS) is 21.1. The molecule has 0 aromatic carbocycles. The Labute approximate surface area is 162 Å². The van der Waals surface area contributed by atoms with E-state index >= 15 is 0 Å². The topological polar surface area (TPSA) is 42.9 Å². The van der Waals surface area contributed by atoms with Crippen LogP contribution in [-0.2, 0) is 0 Å². The van der Waals surface area contributed by atoms with E-state index in [1.807, 2.05) is 7.05 Å². The Kier molecular flexibility index (Phi) is 11.1. The van der Waals surface area contributed by atoms with Crippen molar-refractivity contribution in [2.24, 2.45) is 10.9 Å². The minimum absolute atomic E-state index is 0.977.